The first-order valence-electron chi connectivity index (χ1n) is 8.19. The van der Waals surface area contributed by atoms with Crippen LogP contribution >= 0.6 is 0 Å². The average Bonchev–Trinajstić information content (AvgIpc) is 2.56. The minimum absolute atomic E-state index is 0.106. The minimum Gasteiger partial charge on any atom is -0.495 e. The van der Waals surface area contributed by atoms with Crippen LogP contribution < -0.4 is 14.8 Å². The van der Waals surface area contributed by atoms with E-state index in [2.05, 4.69) is 28.9 Å². The lowest BCUT2D eigenvalue weighted by molar-refractivity contribution is 0.402. The molecule has 0 bridgehead atoms. The number of nitrogens with zero attached hydrogens (tertiary/aromatic N) is 1. The van der Waals surface area contributed by atoms with Crippen LogP contribution in [0.5, 0.6) is 5.75 Å². The molecule has 0 atom stereocenters. The van der Waals surface area contributed by atoms with Crippen molar-refractivity contribution in [2.75, 3.05) is 23.7 Å². The average molecular weight is 363 g/mol. The number of pyridine rings is 1. The summed E-state index contributed by atoms with van der Waals surface area (Å²) in [6, 6.07) is 8.47. The molecular weight excluding hydrogens is 338 g/mol. The molecule has 2 aromatic rings. The molecule has 0 spiro atoms. The van der Waals surface area contributed by atoms with E-state index in [1.807, 2.05) is 6.92 Å². The minimum atomic E-state index is -3.76. The molecule has 2 rings (SSSR count). The van der Waals surface area contributed by atoms with Gasteiger partial charge in [0, 0.05) is 6.54 Å². The molecule has 25 heavy (non-hydrogen) atoms. The molecule has 7 heteroatoms. The maximum atomic E-state index is 12.6. The van der Waals surface area contributed by atoms with Crippen molar-refractivity contribution in [1.29, 1.82) is 0 Å². The molecule has 136 valence electrons. The number of rotatable bonds is 8. The predicted molar refractivity (Wildman–Crippen MR) is 101 cm³/mol. The Morgan fingerprint density at radius 3 is 2.56 bits per heavy atom. The molecule has 0 aliphatic carbocycles. The first-order chi connectivity index (χ1) is 11.8. The Labute approximate surface area is 149 Å². The maximum absolute atomic E-state index is 12.6. The van der Waals surface area contributed by atoms with Crippen molar-refractivity contribution >= 4 is 21.5 Å². The van der Waals surface area contributed by atoms with E-state index in [1.165, 1.54) is 13.3 Å². The molecule has 0 saturated carbocycles. The number of ether oxygens (including phenoxy) is 1. The number of aryl methyl sites for hydroxylation is 1. The van der Waals surface area contributed by atoms with Gasteiger partial charge in [0.25, 0.3) is 10.0 Å². The lowest BCUT2D eigenvalue weighted by Gasteiger charge is -2.13. The zero-order valence-electron chi connectivity index (χ0n) is 15.0. The lowest BCUT2D eigenvalue weighted by atomic mass is 10.1. The lowest BCUT2D eigenvalue weighted by Crippen LogP contribution is -2.14. The van der Waals surface area contributed by atoms with Crippen LogP contribution in [0.15, 0.2) is 41.4 Å². The summed E-state index contributed by atoms with van der Waals surface area (Å²) >= 11 is 0. The summed E-state index contributed by atoms with van der Waals surface area (Å²) in [5, 5.41) is 3.22. The van der Waals surface area contributed by atoms with Gasteiger partial charge >= 0.3 is 0 Å². The standard InChI is InChI=1S/C18H25N3O3S/c1-13(2)9-10-19-18-8-6-15(12-20-18)21-25(22,23)17-11-14(3)5-7-16(17)24-4/h5-8,11-13,21H,9-10H2,1-4H3,(H,19,20). The predicted octanol–water partition coefficient (Wildman–Crippen LogP) is 3.66. The van der Waals surface area contributed by atoms with E-state index >= 15 is 0 Å². The van der Waals surface area contributed by atoms with E-state index in [0.29, 0.717) is 17.4 Å². The normalized spacial score (nSPS) is 11.4. The Morgan fingerprint density at radius 1 is 1.20 bits per heavy atom. The smallest absolute Gasteiger partial charge is 0.265 e. The van der Waals surface area contributed by atoms with Gasteiger partial charge in [-0.2, -0.15) is 0 Å². The molecule has 0 fully saturated rings. The van der Waals surface area contributed by atoms with Gasteiger partial charge in [0.15, 0.2) is 0 Å². The first-order valence-corrected chi connectivity index (χ1v) is 9.67. The number of anilines is 2. The van der Waals surface area contributed by atoms with Gasteiger partial charge in [-0.15, -0.1) is 0 Å². The summed E-state index contributed by atoms with van der Waals surface area (Å²) in [4.78, 5) is 4.35. The highest BCUT2D eigenvalue weighted by Crippen LogP contribution is 2.26. The van der Waals surface area contributed by atoms with E-state index in [4.69, 9.17) is 4.74 Å². The third-order valence-electron chi connectivity index (χ3n) is 3.65. The van der Waals surface area contributed by atoms with E-state index < -0.39 is 10.0 Å². The zero-order valence-corrected chi connectivity index (χ0v) is 15.9. The van der Waals surface area contributed by atoms with Crippen molar-refractivity contribution < 1.29 is 13.2 Å². The molecule has 1 aromatic carbocycles. The Kier molecular flexibility index (Phi) is 6.25. The molecule has 6 nitrogen and oxygen atoms in total. The monoisotopic (exact) mass is 363 g/mol. The van der Waals surface area contributed by atoms with Gasteiger partial charge in [0.05, 0.1) is 19.0 Å². The number of nitrogens with one attached hydrogen (secondary N) is 2. The molecule has 1 heterocycles. The number of hydrogen-bond donors (Lipinski definition) is 2. The van der Waals surface area contributed by atoms with Crippen molar-refractivity contribution in [2.24, 2.45) is 5.92 Å². The Hall–Kier alpha value is -2.28. The van der Waals surface area contributed by atoms with Crippen LogP contribution in [0.4, 0.5) is 11.5 Å². The number of benzene rings is 1. The van der Waals surface area contributed by atoms with Crippen LogP contribution in [0.25, 0.3) is 0 Å². The van der Waals surface area contributed by atoms with Crippen molar-refractivity contribution in [2.45, 2.75) is 32.1 Å². The highest BCUT2D eigenvalue weighted by molar-refractivity contribution is 7.92. The number of aromatic nitrogens is 1. The third-order valence-corrected chi connectivity index (χ3v) is 5.05. The summed E-state index contributed by atoms with van der Waals surface area (Å²) in [5.41, 5.74) is 1.24. The van der Waals surface area contributed by atoms with Crippen LogP contribution in [-0.2, 0) is 10.0 Å². The van der Waals surface area contributed by atoms with Crippen molar-refractivity contribution in [3.63, 3.8) is 0 Å². The fourth-order valence-corrected chi connectivity index (χ4v) is 3.55. The molecular formula is C18H25N3O3S. The summed E-state index contributed by atoms with van der Waals surface area (Å²) < 4.78 is 33.0. The SMILES string of the molecule is COc1ccc(C)cc1S(=O)(=O)Nc1ccc(NCCC(C)C)nc1. The van der Waals surface area contributed by atoms with Gasteiger partial charge in [-0.1, -0.05) is 19.9 Å². The van der Waals surface area contributed by atoms with Crippen LogP contribution in [-0.4, -0.2) is 27.1 Å². The number of sulfonamides is 1. The molecule has 0 amide bonds. The second-order valence-corrected chi connectivity index (χ2v) is 7.95. The van der Waals surface area contributed by atoms with E-state index in [0.717, 1.165) is 24.3 Å². The third kappa shape index (κ3) is 5.35. The summed E-state index contributed by atoms with van der Waals surface area (Å²) in [6.07, 6.45) is 2.54. The zero-order chi connectivity index (χ0) is 18.4. The van der Waals surface area contributed by atoms with Crippen LogP contribution in [0.2, 0.25) is 0 Å². The number of hydrogen-bond acceptors (Lipinski definition) is 5. The number of methoxy groups -OCH3 is 1. The molecule has 0 saturated heterocycles. The molecule has 2 N–H and O–H groups in total. The van der Waals surface area contributed by atoms with E-state index in [-0.39, 0.29) is 4.90 Å². The quantitative estimate of drug-likeness (QED) is 0.748. The van der Waals surface area contributed by atoms with E-state index in [1.54, 1.807) is 30.3 Å². The highest BCUT2D eigenvalue weighted by atomic mass is 32.2. The van der Waals surface area contributed by atoms with Crippen molar-refractivity contribution in [3.8, 4) is 5.75 Å². The van der Waals surface area contributed by atoms with E-state index in [9.17, 15) is 8.42 Å². The fourth-order valence-electron chi connectivity index (χ4n) is 2.25. The van der Waals surface area contributed by atoms with Crippen molar-refractivity contribution in [1.82, 2.24) is 4.98 Å². The van der Waals surface area contributed by atoms with Gasteiger partial charge < -0.3 is 10.1 Å². The van der Waals surface area contributed by atoms with Crippen LogP contribution in [0.3, 0.4) is 0 Å². The van der Waals surface area contributed by atoms with Gasteiger partial charge in [-0.05, 0) is 49.1 Å². The van der Waals surface area contributed by atoms with Gasteiger partial charge in [-0.3, -0.25) is 4.72 Å². The summed E-state index contributed by atoms with van der Waals surface area (Å²) in [5.74, 6) is 1.64. The fraction of sp³-hybridized carbons (Fsp3) is 0.389. The first kappa shape index (κ1) is 19.1. The second kappa shape index (κ2) is 8.20. The highest BCUT2D eigenvalue weighted by Gasteiger charge is 2.20. The molecule has 1 aromatic heterocycles. The molecule has 0 unspecified atom stereocenters. The van der Waals surface area contributed by atoms with Gasteiger partial charge in [0.2, 0.25) is 0 Å². The molecule has 0 aliphatic rings. The summed E-state index contributed by atoms with van der Waals surface area (Å²) in [7, 11) is -2.31. The maximum Gasteiger partial charge on any atom is 0.265 e. The van der Waals surface area contributed by atoms with Crippen LogP contribution in [0.1, 0.15) is 25.8 Å². The molecule has 0 aliphatic heterocycles. The van der Waals surface area contributed by atoms with Crippen molar-refractivity contribution in [3.05, 3.63) is 42.1 Å². The Bertz CT molecular complexity index is 803. The van der Waals surface area contributed by atoms with Crippen LogP contribution in [0, 0.1) is 12.8 Å². The largest absolute Gasteiger partial charge is 0.495 e. The molecule has 0 radical (unpaired) electrons. The summed E-state index contributed by atoms with van der Waals surface area (Å²) in [6.45, 7) is 6.98. The van der Waals surface area contributed by atoms with Gasteiger partial charge in [0.1, 0.15) is 16.5 Å². The Balaban J connectivity index is 2.12. The topological polar surface area (TPSA) is 80.3 Å². The second-order valence-electron chi connectivity index (χ2n) is 6.30. The van der Waals surface area contributed by atoms with Gasteiger partial charge in [-0.25, -0.2) is 13.4 Å². The Morgan fingerprint density at radius 2 is 1.96 bits per heavy atom.